The number of anilines is 2. The van der Waals surface area contributed by atoms with Crippen molar-refractivity contribution in [2.75, 3.05) is 11.5 Å². The second kappa shape index (κ2) is 3.20. The van der Waals surface area contributed by atoms with Crippen LogP contribution in [-0.4, -0.2) is 15.8 Å². The van der Waals surface area contributed by atoms with Gasteiger partial charge in [0.05, 0.1) is 5.52 Å². The van der Waals surface area contributed by atoms with Crippen molar-refractivity contribution in [3.63, 3.8) is 0 Å². The summed E-state index contributed by atoms with van der Waals surface area (Å²) < 4.78 is 0. The lowest BCUT2D eigenvalue weighted by molar-refractivity contribution is 0.101. The second-order valence-electron chi connectivity index (χ2n) is 3.26. The van der Waals surface area contributed by atoms with Gasteiger partial charge in [-0.2, -0.15) is 4.98 Å². The SMILES string of the molecule is CC(=O)c1ccc2nc(N)nc(N)c2c1. The molecule has 0 unspecified atom stereocenters. The van der Waals surface area contributed by atoms with Crippen molar-refractivity contribution in [3.8, 4) is 0 Å². The Bertz CT molecular complexity index is 550. The molecule has 4 N–H and O–H groups in total. The lowest BCUT2D eigenvalue weighted by atomic mass is 10.1. The molecular formula is C10H10N4O. The van der Waals surface area contributed by atoms with Crippen LogP contribution < -0.4 is 11.5 Å². The minimum absolute atomic E-state index is 0.0203. The van der Waals surface area contributed by atoms with Gasteiger partial charge in [-0.15, -0.1) is 0 Å². The van der Waals surface area contributed by atoms with E-state index in [1.165, 1.54) is 6.92 Å². The van der Waals surface area contributed by atoms with E-state index in [2.05, 4.69) is 9.97 Å². The number of carbonyl (C=O) groups excluding carboxylic acids is 1. The average Bonchev–Trinajstić information content (AvgIpc) is 2.16. The van der Waals surface area contributed by atoms with Crippen molar-refractivity contribution in [1.29, 1.82) is 0 Å². The summed E-state index contributed by atoms with van der Waals surface area (Å²) in [5, 5.41) is 0.650. The Hall–Kier alpha value is -2.17. The predicted molar refractivity (Wildman–Crippen MR) is 58.4 cm³/mol. The summed E-state index contributed by atoms with van der Waals surface area (Å²) in [6.07, 6.45) is 0. The summed E-state index contributed by atoms with van der Waals surface area (Å²) in [4.78, 5) is 19.0. The van der Waals surface area contributed by atoms with E-state index in [4.69, 9.17) is 11.5 Å². The monoisotopic (exact) mass is 202 g/mol. The van der Waals surface area contributed by atoms with E-state index >= 15 is 0 Å². The Morgan fingerprint density at radius 2 is 2.00 bits per heavy atom. The fourth-order valence-corrected chi connectivity index (χ4v) is 1.39. The molecule has 2 aromatic rings. The normalized spacial score (nSPS) is 10.5. The Kier molecular flexibility index (Phi) is 2.00. The van der Waals surface area contributed by atoms with E-state index in [0.717, 1.165) is 0 Å². The number of Topliss-reactive ketones (excluding diaryl/α,β-unsaturated/α-hetero) is 1. The highest BCUT2D eigenvalue weighted by molar-refractivity contribution is 6.00. The van der Waals surface area contributed by atoms with Crippen LogP contribution in [0.3, 0.4) is 0 Å². The quantitative estimate of drug-likeness (QED) is 0.672. The molecule has 76 valence electrons. The van der Waals surface area contributed by atoms with Gasteiger partial charge in [-0.3, -0.25) is 4.79 Å². The van der Waals surface area contributed by atoms with Gasteiger partial charge < -0.3 is 11.5 Å². The largest absolute Gasteiger partial charge is 0.383 e. The maximum Gasteiger partial charge on any atom is 0.222 e. The Morgan fingerprint density at radius 3 is 2.67 bits per heavy atom. The minimum atomic E-state index is -0.0203. The van der Waals surface area contributed by atoms with Gasteiger partial charge in [-0.25, -0.2) is 4.98 Å². The van der Waals surface area contributed by atoms with E-state index < -0.39 is 0 Å². The number of nitrogens with two attached hydrogens (primary N) is 2. The van der Waals surface area contributed by atoms with Gasteiger partial charge >= 0.3 is 0 Å². The summed E-state index contributed by atoms with van der Waals surface area (Å²) in [5.41, 5.74) is 12.4. The Labute approximate surface area is 86.1 Å². The fourth-order valence-electron chi connectivity index (χ4n) is 1.39. The molecule has 0 saturated carbocycles. The third kappa shape index (κ3) is 1.59. The summed E-state index contributed by atoms with van der Waals surface area (Å²) in [5.74, 6) is 0.407. The van der Waals surface area contributed by atoms with E-state index in [0.29, 0.717) is 22.3 Å². The molecule has 1 heterocycles. The van der Waals surface area contributed by atoms with Crippen molar-refractivity contribution < 1.29 is 4.79 Å². The number of aromatic nitrogens is 2. The molecule has 2 rings (SSSR count). The summed E-state index contributed by atoms with van der Waals surface area (Å²) in [7, 11) is 0. The molecule has 0 spiro atoms. The van der Waals surface area contributed by atoms with Crippen LogP contribution in [0.25, 0.3) is 10.9 Å². The first-order chi connectivity index (χ1) is 7.08. The zero-order valence-corrected chi connectivity index (χ0v) is 8.19. The molecule has 1 aromatic heterocycles. The maximum absolute atomic E-state index is 11.2. The van der Waals surface area contributed by atoms with Crippen LogP contribution >= 0.6 is 0 Å². The number of hydrogen-bond donors (Lipinski definition) is 2. The number of carbonyl (C=O) groups is 1. The standard InChI is InChI=1S/C10H10N4O/c1-5(15)6-2-3-8-7(4-6)9(11)14-10(12)13-8/h2-4H,1H3,(H4,11,12,13,14). The third-order valence-electron chi connectivity index (χ3n) is 2.15. The van der Waals surface area contributed by atoms with E-state index in [9.17, 15) is 4.79 Å². The van der Waals surface area contributed by atoms with Gasteiger partial charge in [-0.05, 0) is 25.1 Å². The van der Waals surface area contributed by atoms with Crippen molar-refractivity contribution >= 4 is 28.5 Å². The molecular weight excluding hydrogens is 192 g/mol. The smallest absolute Gasteiger partial charge is 0.222 e. The van der Waals surface area contributed by atoms with Gasteiger partial charge in [0.25, 0.3) is 0 Å². The van der Waals surface area contributed by atoms with E-state index in [1.807, 2.05) is 0 Å². The van der Waals surface area contributed by atoms with Gasteiger partial charge in [0.15, 0.2) is 5.78 Å². The minimum Gasteiger partial charge on any atom is -0.383 e. The van der Waals surface area contributed by atoms with Crippen LogP contribution in [0.2, 0.25) is 0 Å². The number of nitrogen functional groups attached to an aromatic ring is 2. The number of rotatable bonds is 1. The maximum atomic E-state index is 11.2. The Morgan fingerprint density at radius 1 is 1.27 bits per heavy atom. The Balaban J connectivity index is 2.76. The number of ketones is 1. The van der Waals surface area contributed by atoms with Gasteiger partial charge in [0.2, 0.25) is 5.95 Å². The van der Waals surface area contributed by atoms with Crippen LogP contribution in [0.4, 0.5) is 11.8 Å². The highest BCUT2D eigenvalue weighted by Gasteiger charge is 2.06. The molecule has 0 aliphatic rings. The zero-order chi connectivity index (χ0) is 11.0. The fraction of sp³-hybridized carbons (Fsp3) is 0.100. The number of fused-ring (bicyclic) bond motifs is 1. The molecule has 0 aliphatic heterocycles. The predicted octanol–water partition coefficient (Wildman–Crippen LogP) is 0.997. The lowest BCUT2D eigenvalue weighted by Gasteiger charge is -2.03. The van der Waals surface area contributed by atoms with Crippen LogP contribution in [-0.2, 0) is 0 Å². The number of nitrogens with zero attached hydrogens (tertiary/aromatic N) is 2. The van der Waals surface area contributed by atoms with Crippen LogP contribution in [0.5, 0.6) is 0 Å². The van der Waals surface area contributed by atoms with Crippen molar-refractivity contribution in [1.82, 2.24) is 9.97 Å². The lowest BCUT2D eigenvalue weighted by Crippen LogP contribution is -2.01. The first kappa shape index (κ1) is 9.39. The molecule has 0 fully saturated rings. The highest BCUT2D eigenvalue weighted by atomic mass is 16.1. The first-order valence-corrected chi connectivity index (χ1v) is 4.41. The first-order valence-electron chi connectivity index (χ1n) is 4.41. The molecule has 0 amide bonds. The molecule has 0 bridgehead atoms. The van der Waals surface area contributed by atoms with Gasteiger partial charge in [-0.1, -0.05) is 0 Å². The number of hydrogen-bond acceptors (Lipinski definition) is 5. The molecule has 0 radical (unpaired) electrons. The molecule has 0 atom stereocenters. The van der Waals surface area contributed by atoms with E-state index in [1.54, 1.807) is 18.2 Å². The van der Waals surface area contributed by atoms with Crippen molar-refractivity contribution in [2.45, 2.75) is 6.92 Å². The molecule has 1 aromatic carbocycles. The van der Waals surface area contributed by atoms with Crippen molar-refractivity contribution in [3.05, 3.63) is 23.8 Å². The van der Waals surface area contributed by atoms with Crippen LogP contribution in [0.15, 0.2) is 18.2 Å². The van der Waals surface area contributed by atoms with Crippen LogP contribution in [0.1, 0.15) is 17.3 Å². The van der Waals surface area contributed by atoms with Gasteiger partial charge in [0.1, 0.15) is 5.82 Å². The summed E-state index contributed by atoms with van der Waals surface area (Å²) >= 11 is 0. The molecule has 15 heavy (non-hydrogen) atoms. The van der Waals surface area contributed by atoms with Gasteiger partial charge in [0, 0.05) is 10.9 Å². The number of benzene rings is 1. The summed E-state index contributed by atoms with van der Waals surface area (Å²) in [6.45, 7) is 1.50. The second-order valence-corrected chi connectivity index (χ2v) is 3.26. The summed E-state index contributed by atoms with van der Waals surface area (Å²) in [6, 6.07) is 5.07. The molecule has 0 saturated heterocycles. The third-order valence-corrected chi connectivity index (χ3v) is 2.15. The average molecular weight is 202 g/mol. The molecule has 5 heteroatoms. The van der Waals surface area contributed by atoms with E-state index in [-0.39, 0.29) is 11.7 Å². The molecule has 0 aliphatic carbocycles. The zero-order valence-electron chi connectivity index (χ0n) is 8.19. The highest BCUT2D eigenvalue weighted by Crippen LogP contribution is 2.20. The van der Waals surface area contributed by atoms with Crippen LogP contribution in [0, 0.1) is 0 Å². The van der Waals surface area contributed by atoms with Crippen molar-refractivity contribution in [2.24, 2.45) is 0 Å². The molecule has 5 nitrogen and oxygen atoms in total. The topological polar surface area (TPSA) is 94.9 Å².